The van der Waals surface area contributed by atoms with Gasteiger partial charge in [-0.25, -0.2) is 0 Å². The predicted octanol–water partition coefficient (Wildman–Crippen LogP) is 1.42. The Balaban J connectivity index is 3.89. The first-order valence-corrected chi connectivity index (χ1v) is 6.78. The molecule has 102 valence electrons. The van der Waals surface area contributed by atoms with Crippen molar-refractivity contribution in [2.24, 2.45) is 11.7 Å². The van der Waals surface area contributed by atoms with Crippen LogP contribution in [0.4, 0.5) is 0 Å². The van der Waals surface area contributed by atoms with Crippen molar-refractivity contribution in [1.82, 2.24) is 5.32 Å². The highest BCUT2D eigenvalue weighted by atomic mass is 16.3. The fraction of sp³-hybridized carbons (Fsp3) is 0.923. The highest BCUT2D eigenvalue weighted by molar-refractivity contribution is 5.81. The van der Waals surface area contributed by atoms with Crippen molar-refractivity contribution >= 4 is 5.91 Å². The number of carbonyl (C=O) groups is 1. The maximum atomic E-state index is 11.6. The van der Waals surface area contributed by atoms with Gasteiger partial charge in [0, 0.05) is 6.54 Å². The van der Waals surface area contributed by atoms with Crippen molar-refractivity contribution in [1.29, 1.82) is 0 Å². The van der Waals surface area contributed by atoms with Gasteiger partial charge in [0.2, 0.25) is 5.91 Å². The van der Waals surface area contributed by atoms with Crippen LogP contribution < -0.4 is 11.1 Å². The van der Waals surface area contributed by atoms with Crippen LogP contribution in [-0.2, 0) is 4.79 Å². The van der Waals surface area contributed by atoms with Gasteiger partial charge in [-0.05, 0) is 12.3 Å². The van der Waals surface area contributed by atoms with Crippen molar-refractivity contribution in [3.05, 3.63) is 0 Å². The number of aliphatic hydroxyl groups excluding tert-OH is 1. The van der Waals surface area contributed by atoms with Gasteiger partial charge in [0.25, 0.3) is 0 Å². The largest absolute Gasteiger partial charge is 0.391 e. The van der Waals surface area contributed by atoms with E-state index in [0.717, 1.165) is 25.7 Å². The number of hydrogen-bond acceptors (Lipinski definition) is 3. The summed E-state index contributed by atoms with van der Waals surface area (Å²) in [6, 6.07) is -0.441. The van der Waals surface area contributed by atoms with Crippen molar-refractivity contribution in [2.45, 2.75) is 65.0 Å². The van der Waals surface area contributed by atoms with E-state index in [9.17, 15) is 9.90 Å². The predicted molar refractivity (Wildman–Crippen MR) is 70.6 cm³/mol. The molecular weight excluding hydrogens is 216 g/mol. The Labute approximate surface area is 105 Å². The lowest BCUT2D eigenvalue weighted by atomic mass is 9.96. The Kier molecular flexibility index (Phi) is 9.09. The van der Waals surface area contributed by atoms with Gasteiger partial charge in [0.15, 0.2) is 0 Å². The molecule has 0 fully saturated rings. The summed E-state index contributed by atoms with van der Waals surface area (Å²) in [7, 11) is 0. The molecule has 0 aromatic rings. The molecule has 0 bridgehead atoms. The quantitative estimate of drug-likeness (QED) is 0.574. The lowest BCUT2D eigenvalue weighted by molar-refractivity contribution is -0.123. The standard InChI is InChI=1S/C13H28N2O2/c1-4-7-8-11(14)13(17)15-9-12(16)10(5-2)6-3/h10-12,16H,4-9,14H2,1-3H3,(H,15,17)/t11-,12?/m0/s1. The second kappa shape index (κ2) is 9.42. The molecule has 0 aliphatic heterocycles. The zero-order chi connectivity index (χ0) is 13.3. The number of hydrogen-bond donors (Lipinski definition) is 3. The third kappa shape index (κ3) is 6.64. The van der Waals surface area contributed by atoms with Crippen LogP contribution in [0.25, 0.3) is 0 Å². The van der Waals surface area contributed by atoms with Gasteiger partial charge in [0.1, 0.15) is 0 Å². The molecule has 0 saturated carbocycles. The van der Waals surface area contributed by atoms with Crippen molar-refractivity contribution in [3.8, 4) is 0 Å². The molecule has 0 saturated heterocycles. The number of carbonyl (C=O) groups excluding carboxylic acids is 1. The SMILES string of the molecule is CCCC[C@H](N)C(=O)NCC(O)C(CC)CC. The molecule has 1 unspecified atom stereocenters. The number of nitrogens with one attached hydrogen (secondary N) is 1. The second-order valence-corrected chi connectivity index (χ2v) is 4.64. The van der Waals surface area contributed by atoms with Gasteiger partial charge in [-0.15, -0.1) is 0 Å². The average molecular weight is 244 g/mol. The van der Waals surface area contributed by atoms with Crippen molar-refractivity contribution in [3.63, 3.8) is 0 Å². The lowest BCUT2D eigenvalue weighted by Gasteiger charge is -2.21. The molecule has 17 heavy (non-hydrogen) atoms. The molecule has 2 atom stereocenters. The summed E-state index contributed by atoms with van der Waals surface area (Å²) < 4.78 is 0. The summed E-state index contributed by atoms with van der Waals surface area (Å²) in [4.78, 5) is 11.6. The topological polar surface area (TPSA) is 75.4 Å². The zero-order valence-electron chi connectivity index (χ0n) is 11.4. The minimum atomic E-state index is -0.465. The number of rotatable bonds is 9. The van der Waals surface area contributed by atoms with E-state index >= 15 is 0 Å². The van der Waals surface area contributed by atoms with Gasteiger partial charge in [0.05, 0.1) is 12.1 Å². The van der Waals surface area contributed by atoms with E-state index in [1.807, 2.05) is 13.8 Å². The van der Waals surface area contributed by atoms with E-state index in [1.165, 1.54) is 0 Å². The Morgan fingerprint density at radius 2 is 1.88 bits per heavy atom. The Morgan fingerprint density at radius 1 is 1.29 bits per heavy atom. The van der Waals surface area contributed by atoms with Crippen LogP contribution in [0.5, 0.6) is 0 Å². The van der Waals surface area contributed by atoms with E-state index in [1.54, 1.807) is 0 Å². The average Bonchev–Trinajstić information content (AvgIpc) is 2.34. The number of nitrogens with two attached hydrogens (primary N) is 1. The molecule has 0 aliphatic carbocycles. The molecule has 0 spiro atoms. The minimum absolute atomic E-state index is 0.150. The first-order chi connectivity index (χ1) is 8.06. The number of aliphatic hydroxyl groups is 1. The third-order valence-electron chi connectivity index (χ3n) is 3.28. The van der Waals surface area contributed by atoms with E-state index in [0.29, 0.717) is 13.0 Å². The Hall–Kier alpha value is -0.610. The maximum absolute atomic E-state index is 11.6. The van der Waals surface area contributed by atoms with Gasteiger partial charge >= 0.3 is 0 Å². The van der Waals surface area contributed by atoms with E-state index in [4.69, 9.17) is 5.73 Å². The summed E-state index contributed by atoms with van der Waals surface area (Å²) >= 11 is 0. The number of unbranched alkanes of at least 4 members (excludes halogenated alkanes) is 1. The summed E-state index contributed by atoms with van der Waals surface area (Å²) in [5, 5.41) is 12.6. The van der Waals surface area contributed by atoms with Crippen molar-refractivity contribution in [2.75, 3.05) is 6.54 Å². The Morgan fingerprint density at radius 3 is 2.35 bits per heavy atom. The molecule has 0 heterocycles. The van der Waals surface area contributed by atoms with Crippen LogP contribution in [0.15, 0.2) is 0 Å². The van der Waals surface area contributed by atoms with Gasteiger partial charge < -0.3 is 16.2 Å². The van der Waals surface area contributed by atoms with E-state index < -0.39 is 12.1 Å². The van der Waals surface area contributed by atoms with E-state index in [-0.39, 0.29) is 11.8 Å². The monoisotopic (exact) mass is 244 g/mol. The van der Waals surface area contributed by atoms with Crippen LogP contribution in [-0.4, -0.2) is 29.7 Å². The molecule has 0 radical (unpaired) electrons. The van der Waals surface area contributed by atoms with Crippen LogP contribution >= 0.6 is 0 Å². The van der Waals surface area contributed by atoms with E-state index in [2.05, 4.69) is 12.2 Å². The van der Waals surface area contributed by atoms with Crippen LogP contribution in [0.3, 0.4) is 0 Å². The zero-order valence-corrected chi connectivity index (χ0v) is 11.4. The number of amides is 1. The first-order valence-electron chi connectivity index (χ1n) is 6.78. The summed E-state index contributed by atoms with van der Waals surface area (Å²) in [6.45, 7) is 6.48. The van der Waals surface area contributed by atoms with Gasteiger partial charge in [-0.3, -0.25) is 4.79 Å². The normalized spacial score (nSPS) is 14.7. The smallest absolute Gasteiger partial charge is 0.237 e. The van der Waals surface area contributed by atoms with Crippen LogP contribution in [0, 0.1) is 5.92 Å². The summed E-state index contributed by atoms with van der Waals surface area (Å²) in [6.07, 6.45) is 4.10. The third-order valence-corrected chi connectivity index (χ3v) is 3.28. The highest BCUT2D eigenvalue weighted by Crippen LogP contribution is 2.12. The van der Waals surface area contributed by atoms with Crippen LogP contribution in [0.2, 0.25) is 0 Å². The molecule has 0 aliphatic rings. The van der Waals surface area contributed by atoms with Crippen LogP contribution in [0.1, 0.15) is 52.9 Å². The van der Waals surface area contributed by atoms with Crippen molar-refractivity contribution < 1.29 is 9.90 Å². The molecule has 0 aromatic heterocycles. The highest BCUT2D eigenvalue weighted by Gasteiger charge is 2.18. The molecule has 1 amide bonds. The lowest BCUT2D eigenvalue weighted by Crippen LogP contribution is -2.44. The first kappa shape index (κ1) is 16.4. The Bertz CT molecular complexity index is 206. The molecule has 0 aromatic carbocycles. The molecular formula is C13H28N2O2. The fourth-order valence-corrected chi connectivity index (χ4v) is 1.89. The van der Waals surface area contributed by atoms with Gasteiger partial charge in [-0.1, -0.05) is 46.5 Å². The molecule has 4 nitrogen and oxygen atoms in total. The summed E-state index contributed by atoms with van der Waals surface area (Å²) in [5.41, 5.74) is 5.74. The second-order valence-electron chi connectivity index (χ2n) is 4.64. The molecule has 4 heteroatoms. The fourth-order valence-electron chi connectivity index (χ4n) is 1.89. The molecule has 4 N–H and O–H groups in total. The maximum Gasteiger partial charge on any atom is 0.237 e. The molecule has 0 rings (SSSR count). The summed E-state index contributed by atoms with van der Waals surface area (Å²) in [5.74, 6) is 0.102. The minimum Gasteiger partial charge on any atom is -0.391 e. The van der Waals surface area contributed by atoms with Gasteiger partial charge in [-0.2, -0.15) is 0 Å².